The Morgan fingerprint density at radius 3 is 2.55 bits per heavy atom. The zero-order valence-electron chi connectivity index (χ0n) is 17.4. The van der Waals surface area contributed by atoms with E-state index in [9.17, 15) is 9.90 Å². The molecule has 0 unspecified atom stereocenters. The van der Waals surface area contributed by atoms with Gasteiger partial charge in [0.2, 0.25) is 0 Å². The van der Waals surface area contributed by atoms with Gasteiger partial charge in [-0.3, -0.25) is 4.68 Å². The summed E-state index contributed by atoms with van der Waals surface area (Å²) in [5.41, 5.74) is 8.44. The Hall–Kier alpha value is -2.97. The van der Waals surface area contributed by atoms with Gasteiger partial charge in [0.15, 0.2) is 0 Å². The minimum atomic E-state index is -1.08. The summed E-state index contributed by atoms with van der Waals surface area (Å²) >= 11 is 0. The van der Waals surface area contributed by atoms with Gasteiger partial charge in [-0.1, -0.05) is 6.07 Å². The van der Waals surface area contributed by atoms with Gasteiger partial charge in [0.05, 0.1) is 17.8 Å². The molecule has 0 spiro atoms. The molecular formula is C23H27N5O3. The van der Waals surface area contributed by atoms with Crippen LogP contribution in [0.2, 0.25) is 0 Å². The number of aromatic nitrogens is 3. The number of nitrogen functional groups attached to an aromatic ring is 1. The van der Waals surface area contributed by atoms with Crippen molar-refractivity contribution in [3.05, 3.63) is 42.2 Å². The van der Waals surface area contributed by atoms with E-state index in [-0.39, 0.29) is 11.4 Å². The number of carboxylic acid groups (broad SMARTS) is 1. The van der Waals surface area contributed by atoms with E-state index in [0.29, 0.717) is 12.1 Å². The second-order valence-corrected chi connectivity index (χ2v) is 8.44. The number of aromatic carboxylic acids is 1. The number of hydrogen-bond donors (Lipinski definition) is 2. The quantitative estimate of drug-likeness (QED) is 0.666. The first-order valence-corrected chi connectivity index (χ1v) is 10.9. The number of carbonyl (C=O) groups is 1. The molecule has 3 N–H and O–H groups in total. The fourth-order valence-electron chi connectivity index (χ4n) is 4.87. The van der Waals surface area contributed by atoms with Gasteiger partial charge in [-0.15, -0.1) is 0 Å². The largest absolute Gasteiger partial charge is 0.478 e. The number of pyridine rings is 1. The number of fused-ring (bicyclic) bond motifs is 1. The van der Waals surface area contributed by atoms with Gasteiger partial charge in [-0.2, -0.15) is 5.10 Å². The standard InChI is InChI=1S/C23H27N5O3/c24-22-20(23(29)30)12-16(13-25-22)15-1-2-21-17(11-15)14-26-28(21)19-3-7-27(8-4-19)18-5-9-31-10-6-18/h1-2,11-14,18-19H,3-10H2,(H2,24,25)(H,29,30). The van der Waals surface area contributed by atoms with Crippen molar-refractivity contribution in [2.24, 2.45) is 0 Å². The maximum absolute atomic E-state index is 11.4. The van der Waals surface area contributed by atoms with Crippen LogP contribution in [-0.2, 0) is 4.74 Å². The fourth-order valence-corrected chi connectivity index (χ4v) is 4.87. The van der Waals surface area contributed by atoms with Crippen molar-refractivity contribution in [3.8, 4) is 11.1 Å². The van der Waals surface area contributed by atoms with Gasteiger partial charge < -0.3 is 20.5 Å². The molecule has 0 bridgehead atoms. The third kappa shape index (κ3) is 3.88. The van der Waals surface area contributed by atoms with E-state index in [1.54, 1.807) is 12.3 Å². The summed E-state index contributed by atoms with van der Waals surface area (Å²) in [5.74, 6) is -1.05. The highest BCUT2D eigenvalue weighted by Crippen LogP contribution is 2.31. The Bertz CT molecular complexity index is 1100. The fraction of sp³-hybridized carbons (Fsp3) is 0.435. The molecule has 162 valence electrons. The number of piperidine rings is 1. The van der Waals surface area contributed by atoms with Crippen LogP contribution in [0.3, 0.4) is 0 Å². The van der Waals surface area contributed by atoms with Gasteiger partial charge in [0.25, 0.3) is 0 Å². The number of benzene rings is 1. The summed E-state index contributed by atoms with van der Waals surface area (Å²) in [6.45, 7) is 3.97. The van der Waals surface area contributed by atoms with E-state index in [1.807, 2.05) is 18.3 Å². The van der Waals surface area contributed by atoms with Gasteiger partial charge in [-0.25, -0.2) is 9.78 Å². The van der Waals surface area contributed by atoms with Crippen molar-refractivity contribution in [3.63, 3.8) is 0 Å². The van der Waals surface area contributed by atoms with Crippen LogP contribution in [0.15, 0.2) is 36.7 Å². The van der Waals surface area contributed by atoms with Crippen molar-refractivity contribution in [2.75, 3.05) is 32.0 Å². The Kier molecular flexibility index (Phi) is 5.33. The molecule has 2 aromatic heterocycles. The Morgan fingerprint density at radius 1 is 1.03 bits per heavy atom. The van der Waals surface area contributed by atoms with E-state index in [0.717, 1.165) is 74.0 Å². The number of anilines is 1. The number of hydrogen-bond acceptors (Lipinski definition) is 6. The summed E-state index contributed by atoms with van der Waals surface area (Å²) in [5, 5.41) is 15.1. The molecule has 4 heterocycles. The third-order valence-electron chi connectivity index (χ3n) is 6.63. The highest BCUT2D eigenvalue weighted by Gasteiger charge is 2.28. The van der Waals surface area contributed by atoms with Crippen LogP contribution in [0.1, 0.15) is 42.1 Å². The Morgan fingerprint density at radius 2 is 1.81 bits per heavy atom. The van der Waals surface area contributed by atoms with Crippen LogP contribution in [0.4, 0.5) is 5.82 Å². The first kappa shape index (κ1) is 20.0. The van der Waals surface area contributed by atoms with Crippen LogP contribution >= 0.6 is 0 Å². The molecule has 2 fully saturated rings. The Labute approximate surface area is 180 Å². The summed E-state index contributed by atoms with van der Waals surface area (Å²) in [7, 11) is 0. The molecule has 8 nitrogen and oxygen atoms in total. The summed E-state index contributed by atoms with van der Waals surface area (Å²) < 4.78 is 7.66. The van der Waals surface area contributed by atoms with Gasteiger partial charge in [0, 0.05) is 49.5 Å². The first-order valence-electron chi connectivity index (χ1n) is 10.9. The van der Waals surface area contributed by atoms with Crippen LogP contribution in [0, 0.1) is 0 Å². The summed E-state index contributed by atoms with van der Waals surface area (Å²) in [4.78, 5) is 18.0. The molecule has 1 aromatic carbocycles. The minimum Gasteiger partial charge on any atom is -0.478 e. The lowest BCUT2D eigenvalue weighted by molar-refractivity contribution is 0.0215. The molecule has 5 rings (SSSR count). The molecule has 0 radical (unpaired) electrons. The van der Waals surface area contributed by atoms with Crippen molar-refractivity contribution < 1.29 is 14.6 Å². The van der Waals surface area contributed by atoms with E-state index in [2.05, 4.69) is 20.6 Å². The molecule has 0 aliphatic carbocycles. The lowest BCUT2D eigenvalue weighted by Crippen LogP contribution is -2.44. The SMILES string of the molecule is Nc1ncc(-c2ccc3c(cnn3C3CCN(C4CCOCC4)CC3)c2)cc1C(=O)O. The molecule has 2 aliphatic heterocycles. The molecule has 2 aliphatic rings. The average molecular weight is 422 g/mol. The van der Waals surface area contributed by atoms with Gasteiger partial charge >= 0.3 is 5.97 Å². The maximum atomic E-state index is 11.4. The predicted octanol–water partition coefficient (Wildman–Crippen LogP) is 3.19. The van der Waals surface area contributed by atoms with Crippen LogP contribution < -0.4 is 5.73 Å². The second-order valence-electron chi connectivity index (χ2n) is 8.44. The molecule has 2 saturated heterocycles. The zero-order valence-corrected chi connectivity index (χ0v) is 17.4. The lowest BCUT2D eigenvalue weighted by atomic mass is 9.99. The third-order valence-corrected chi connectivity index (χ3v) is 6.63. The predicted molar refractivity (Wildman–Crippen MR) is 118 cm³/mol. The Balaban J connectivity index is 1.34. The van der Waals surface area contributed by atoms with Crippen molar-refractivity contribution in [1.82, 2.24) is 19.7 Å². The second kappa shape index (κ2) is 8.28. The van der Waals surface area contributed by atoms with Crippen molar-refractivity contribution in [2.45, 2.75) is 37.8 Å². The summed E-state index contributed by atoms with van der Waals surface area (Å²) in [6.07, 6.45) is 7.98. The van der Waals surface area contributed by atoms with Crippen molar-refractivity contribution in [1.29, 1.82) is 0 Å². The smallest absolute Gasteiger partial charge is 0.339 e. The topological polar surface area (TPSA) is 107 Å². The van der Waals surface area contributed by atoms with Crippen LogP contribution in [0.5, 0.6) is 0 Å². The number of nitrogens with zero attached hydrogens (tertiary/aromatic N) is 4. The number of nitrogens with two attached hydrogens (primary N) is 1. The van der Waals surface area contributed by atoms with E-state index in [1.165, 1.54) is 0 Å². The summed E-state index contributed by atoms with van der Waals surface area (Å²) in [6, 6.07) is 8.74. The number of ether oxygens (including phenoxy) is 1. The number of rotatable bonds is 4. The van der Waals surface area contributed by atoms with Crippen LogP contribution in [-0.4, -0.2) is 63.1 Å². The van der Waals surface area contributed by atoms with Crippen LogP contribution in [0.25, 0.3) is 22.0 Å². The zero-order chi connectivity index (χ0) is 21.4. The molecule has 0 amide bonds. The molecule has 0 saturated carbocycles. The molecular weight excluding hydrogens is 394 g/mol. The van der Waals surface area contributed by atoms with Gasteiger partial charge in [0.1, 0.15) is 11.4 Å². The molecule has 0 atom stereocenters. The molecule has 3 aromatic rings. The molecule has 31 heavy (non-hydrogen) atoms. The minimum absolute atomic E-state index is 0.0181. The van der Waals surface area contributed by atoms with Gasteiger partial charge in [-0.05, 0) is 49.4 Å². The highest BCUT2D eigenvalue weighted by molar-refractivity contribution is 5.94. The highest BCUT2D eigenvalue weighted by atomic mass is 16.5. The monoisotopic (exact) mass is 421 g/mol. The maximum Gasteiger partial charge on any atom is 0.339 e. The number of carboxylic acids is 1. The van der Waals surface area contributed by atoms with E-state index in [4.69, 9.17) is 15.6 Å². The average Bonchev–Trinajstić information content (AvgIpc) is 3.23. The lowest BCUT2D eigenvalue weighted by Gasteiger charge is -2.39. The van der Waals surface area contributed by atoms with E-state index < -0.39 is 5.97 Å². The van der Waals surface area contributed by atoms with Crippen molar-refractivity contribution >= 4 is 22.7 Å². The first-order chi connectivity index (χ1) is 15.1. The molecule has 8 heteroatoms. The van der Waals surface area contributed by atoms with E-state index >= 15 is 0 Å². The normalized spacial score (nSPS) is 19.1. The number of likely N-dealkylation sites (tertiary alicyclic amines) is 1.